The van der Waals surface area contributed by atoms with Gasteiger partial charge >= 0.3 is 0 Å². The van der Waals surface area contributed by atoms with E-state index in [9.17, 15) is 18.0 Å². The summed E-state index contributed by atoms with van der Waals surface area (Å²) >= 11 is 1.67. The summed E-state index contributed by atoms with van der Waals surface area (Å²) in [5.74, 6) is -0.695. The second-order valence-electron chi connectivity index (χ2n) is 8.02. The molecule has 2 aromatic carbocycles. The quantitative estimate of drug-likeness (QED) is 0.485. The van der Waals surface area contributed by atoms with Crippen molar-refractivity contribution in [1.29, 1.82) is 0 Å². The number of amides is 1. The summed E-state index contributed by atoms with van der Waals surface area (Å²) in [5, 5.41) is 5.01. The highest BCUT2D eigenvalue weighted by Crippen LogP contribution is 2.35. The highest BCUT2D eigenvalue weighted by atomic mass is 32.2. The first-order valence-corrected chi connectivity index (χ1v) is 12.9. The predicted molar refractivity (Wildman–Crippen MR) is 122 cm³/mol. The number of hydrogen-bond acceptors (Lipinski definition) is 6. The molecule has 0 saturated carbocycles. The number of ketones is 1. The van der Waals surface area contributed by atoms with Gasteiger partial charge in [-0.05, 0) is 67.7 Å². The molecule has 2 aliphatic heterocycles. The number of likely N-dealkylation sites (tertiary alicyclic amines) is 1. The number of nitrogens with zero attached hydrogens (tertiary/aromatic N) is 1. The Kier molecular flexibility index (Phi) is 5.44. The highest BCUT2D eigenvalue weighted by Gasteiger charge is 2.35. The third-order valence-electron chi connectivity index (χ3n) is 6.11. The van der Waals surface area contributed by atoms with Crippen LogP contribution in [0.5, 0.6) is 0 Å². The number of carbonyl (C=O) groups is 2. The average Bonchev–Trinajstić information content (AvgIpc) is 3.53. The fourth-order valence-corrected chi connectivity index (χ4v) is 7.00. The van der Waals surface area contributed by atoms with Gasteiger partial charge in [0.25, 0.3) is 5.91 Å². The van der Waals surface area contributed by atoms with Crippen LogP contribution in [-0.2, 0) is 9.84 Å². The van der Waals surface area contributed by atoms with E-state index in [1.165, 1.54) is 35.2 Å². The topological polar surface area (TPSA) is 83.6 Å². The number of thiophene rings is 1. The largest absolute Gasteiger partial charge is 0.350 e. The molecule has 0 radical (unpaired) electrons. The lowest BCUT2D eigenvalue weighted by molar-refractivity contribution is 0.0936. The van der Waals surface area contributed by atoms with Crippen LogP contribution in [0.1, 0.15) is 50.0 Å². The van der Waals surface area contributed by atoms with Crippen LogP contribution in [0.3, 0.4) is 0 Å². The average molecular weight is 467 g/mol. The Bertz CT molecular complexity index is 1290. The Hall–Kier alpha value is -2.81. The summed E-state index contributed by atoms with van der Waals surface area (Å²) in [4.78, 5) is 29.2. The van der Waals surface area contributed by atoms with Crippen LogP contribution < -0.4 is 5.32 Å². The number of hydrogen-bond donors (Lipinski definition) is 1. The van der Waals surface area contributed by atoms with Crippen molar-refractivity contribution in [2.24, 2.45) is 0 Å². The van der Waals surface area contributed by atoms with E-state index in [4.69, 9.17) is 0 Å². The van der Waals surface area contributed by atoms with Crippen LogP contribution in [0.15, 0.2) is 69.8 Å². The Morgan fingerprint density at radius 1 is 1.00 bits per heavy atom. The molecular weight excluding hydrogens is 444 g/mol. The minimum atomic E-state index is -3.88. The maximum atomic E-state index is 13.1. The monoisotopic (exact) mass is 466 g/mol. The SMILES string of the molecule is O=C(NC[C@@H](c1cccs1)N1CCCC1)c1ccc2c(c1)S(=O)(=O)c1ccccc1C2=O. The number of nitrogens with one attached hydrogen (secondary N) is 1. The third kappa shape index (κ3) is 3.58. The summed E-state index contributed by atoms with van der Waals surface area (Å²) < 4.78 is 26.2. The van der Waals surface area contributed by atoms with Gasteiger partial charge < -0.3 is 5.32 Å². The maximum absolute atomic E-state index is 13.1. The van der Waals surface area contributed by atoms with Gasteiger partial charge in [0.15, 0.2) is 5.78 Å². The van der Waals surface area contributed by atoms with Crippen molar-refractivity contribution in [1.82, 2.24) is 10.2 Å². The molecule has 2 aliphatic rings. The van der Waals surface area contributed by atoms with Crippen molar-refractivity contribution in [2.45, 2.75) is 28.7 Å². The zero-order valence-corrected chi connectivity index (χ0v) is 18.9. The molecule has 3 aromatic rings. The van der Waals surface area contributed by atoms with Crippen LogP contribution >= 0.6 is 11.3 Å². The summed E-state index contributed by atoms with van der Waals surface area (Å²) in [6.45, 7) is 2.43. The maximum Gasteiger partial charge on any atom is 0.251 e. The second kappa shape index (κ2) is 8.27. The number of fused-ring (bicyclic) bond motifs is 2. The van der Waals surface area contributed by atoms with Gasteiger partial charge in [-0.1, -0.05) is 18.2 Å². The van der Waals surface area contributed by atoms with Crippen LogP contribution in [0, 0.1) is 0 Å². The summed E-state index contributed by atoms with van der Waals surface area (Å²) in [5.41, 5.74) is 0.501. The van der Waals surface area contributed by atoms with E-state index < -0.39 is 9.84 Å². The minimum absolute atomic E-state index is 0.0122. The molecule has 3 heterocycles. The Morgan fingerprint density at radius 3 is 2.50 bits per heavy atom. The molecule has 5 rings (SSSR count). The van der Waals surface area contributed by atoms with Crippen LogP contribution in [-0.4, -0.2) is 44.6 Å². The summed E-state index contributed by atoms with van der Waals surface area (Å²) in [6, 6.07) is 14.6. The minimum Gasteiger partial charge on any atom is -0.350 e. The van der Waals surface area contributed by atoms with Crippen molar-refractivity contribution in [2.75, 3.05) is 19.6 Å². The van der Waals surface area contributed by atoms with E-state index in [2.05, 4.69) is 16.3 Å². The van der Waals surface area contributed by atoms with Crippen molar-refractivity contribution >= 4 is 32.9 Å². The Balaban J connectivity index is 1.41. The molecule has 0 aliphatic carbocycles. The zero-order valence-electron chi connectivity index (χ0n) is 17.3. The van der Waals surface area contributed by atoms with Gasteiger partial charge in [0.2, 0.25) is 9.84 Å². The number of sulfone groups is 1. The summed E-state index contributed by atoms with van der Waals surface area (Å²) in [7, 11) is -3.88. The molecule has 164 valence electrons. The first kappa shape index (κ1) is 21.1. The number of rotatable bonds is 5. The molecule has 1 fully saturated rings. The fourth-order valence-electron chi connectivity index (χ4n) is 4.46. The Morgan fingerprint density at radius 2 is 1.75 bits per heavy atom. The van der Waals surface area contributed by atoms with Crippen molar-refractivity contribution < 1.29 is 18.0 Å². The molecular formula is C24H22N2O4S2. The van der Waals surface area contributed by atoms with Gasteiger partial charge in [-0.3, -0.25) is 14.5 Å². The van der Waals surface area contributed by atoms with E-state index in [1.54, 1.807) is 23.5 Å². The molecule has 8 heteroatoms. The van der Waals surface area contributed by atoms with E-state index in [0.717, 1.165) is 25.9 Å². The van der Waals surface area contributed by atoms with Crippen LogP contribution in [0.4, 0.5) is 0 Å². The molecule has 0 bridgehead atoms. The summed E-state index contributed by atoms with van der Waals surface area (Å²) in [6.07, 6.45) is 2.29. The Labute approximate surface area is 190 Å². The normalized spacial score (nSPS) is 18.1. The molecule has 6 nitrogen and oxygen atoms in total. The predicted octanol–water partition coefficient (Wildman–Crippen LogP) is 3.69. The lowest BCUT2D eigenvalue weighted by Crippen LogP contribution is -2.36. The third-order valence-corrected chi connectivity index (χ3v) is 8.93. The number of carbonyl (C=O) groups excluding carboxylic acids is 2. The van der Waals surface area contributed by atoms with Gasteiger partial charge in [0.1, 0.15) is 0 Å². The fraction of sp³-hybridized carbons (Fsp3) is 0.250. The van der Waals surface area contributed by atoms with Gasteiger partial charge in [-0.15, -0.1) is 11.3 Å². The van der Waals surface area contributed by atoms with E-state index >= 15 is 0 Å². The van der Waals surface area contributed by atoms with Gasteiger partial charge in [-0.25, -0.2) is 8.42 Å². The van der Waals surface area contributed by atoms with Crippen molar-refractivity contribution in [3.05, 3.63) is 81.5 Å². The molecule has 1 atom stereocenters. The zero-order chi connectivity index (χ0) is 22.3. The highest BCUT2D eigenvalue weighted by molar-refractivity contribution is 7.91. The standard InChI is InChI=1S/C24H22N2O4S2/c27-23-17-6-1-2-8-21(17)32(29,30)22-14-16(9-10-18(22)23)24(28)25-15-19(20-7-5-13-31-20)26-11-3-4-12-26/h1-2,5-10,13-14,19H,3-4,11-12,15H2,(H,25,28)/t19-/m0/s1. The van der Waals surface area contributed by atoms with Gasteiger partial charge in [0.05, 0.1) is 15.8 Å². The van der Waals surface area contributed by atoms with E-state index in [0.29, 0.717) is 6.54 Å². The van der Waals surface area contributed by atoms with Crippen molar-refractivity contribution in [3.63, 3.8) is 0 Å². The van der Waals surface area contributed by atoms with Crippen LogP contribution in [0.2, 0.25) is 0 Å². The lowest BCUT2D eigenvalue weighted by Gasteiger charge is -2.27. The first-order valence-electron chi connectivity index (χ1n) is 10.6. The molecule has 1 N–H and O–H groups in total. The second-order valence-corrected chi connectivity index (χ2v) is 10.9. The van der Waals surface area contributed by atoms with E-state index in [1.807, 2.05) is 11.4 Å². The molecule has 0 unspecified atom stereocenters. The van der Waals surface area contributed by atoms with Crippen LogP contribution in [0.25, 0.3) is 0 Å². The lowest BCUT2D eigenvalue weighted by atomic mass is 10.0. The first-order chi connectivity index (χ1) is 15.5. The molecule has 1 amide bonds. The van der Waals surface area contributed by atoms with Crippen molar-refractivity contribution in [3.8, 4) is 0 Å². The molecule has 1 aromatic heterocycles. The van der Waals surface area contributed by atoms with E-state index in [-0.39, 0.29) is 44.2 Å². The molecule has 32 heavy (non-hydrogen) atoms. The molecule has 1 saturated heterocycles. The molecule has 0 spiro atoms. The van der Waals surface area contributed by atoms with Gasteiger partial charge in [0, 0.05) is 28.1 Å². The number of benzene rings is 2. The van der Waals surface area contributed by atoms with Gasteiger partial charge in [-0.2, -0.15) is 0 Å². The smallest absolute Gasteiger partial charge is 0.251 e.